The van der Waals surface area contributed by atoms with E-state index >= 15 is 0 Å². The van der Waals surface area contributed by atoms with E-state index in [1.54, 1.807) is 0 Å². The molecule has 0 fully saturated rings. The third-order valence-electron chi connectivity index (χ3n) is 1.74. The second-order valence-electron chi connectivity index (χ2n) is 3.03. The van der Waals surface area contributed by atoms with Crippen molar-refractivity contribution in [2.24, 2.45) is 0 Å². The monoisotopic (exact) mass is 289 g/mol. The second kappa shape index (κ2) is 11.8. The zero-order valence-electron chi connectivity index (χ0n) is 9.67. The van der Waals surface area contributed by atoms with Crippen LogP contribution in [0.15, 0.2) is 0 Å². The first kappa shape index (κ1) is 17.8. The molecule has 0 bridgehead atoms. The van der Waals surface area contributed by atoms with Gasteiger partial charge in [-0.1, -0.05) is 9.05 Å². The lowest BCUT2D eigenvalue weighted by Crippen LogP contribution is -2.23. The van der Waals surface area contributed by atoms with Crippen molar-refractivity contribution >= 4 is 8.25 Å². The molecular formula is C8H18O9P+. The molecule has 0 aromatic rings. The van der Waals surface area contributed by atoms with Crippen molar-refractivity contribution in [1.29, 1.82) is 0 Å². The number of ether oxygens (including phenoxy) is 2. The first-order valence-electron chi connectivity index (χ1n) is 5.07. The molecule has 0 aliphatic rings. The molecule has 9 nitrogen and oxygen atoms in total. The standard InChI is InChI=1S/C8H18O9P/c9-1-7(2-10)14-5-16-18(13)17-6-15-8(3-11)4-12/h7-12H,1-6H2/q+1. The molecule has 0 spiro atoms. The third-order valence-corrected chi connectivity index (χ3v) is 2.37. The summed E-state index contributed by atoms with van der Waals surface area (Å²) in [6.45, 7) is -2.43. The van der Waals surface area contributed by atoms with Crippen LogP contribution in [-0.4, -0.2) is 72.6 Å². The molecule has 10 heteroatoms. The van der Waals surface area contributed by atoms with Gasteiger partial charge < -0.3 is 29.9 Å². The van der Waals surface area contributed by atoms with Gasteiger partial charge in [-0.3, -0.25) is 0 Å². The van der Waals surface area contributed by atoms with Gasteiger partial charge in [-0.2, -0.15) is 0 Å². The van der Waals surface area contributed by atoms with Gasteiger partial charge in [0.1, 0.15) is 12.2 Å². The molecule has 0 rings (SSSR count). The Bertz CT molecular complexity index is 187. The van der Waals surface area contributed by atoms with E-state index in [9.17, 15) is 4.57 Å². The molecule has 0 aromatic heterocycles. The van der Waals surface area contributed by atoms with Crippen molar-refractivity contribution in [2.75, 3.05) is 40.0 Å². The number of rotatable bonds is 12. The highest BCUT2D eigenvalue weighted by atomic mass is 31.1. The van der Waals surface area contributed by atoms with Crippen molar-refractivity contribution in [3.63, 3.8) is 0 Å². The van der Waals surface area contributed by atoms with Gasteiger partial charge in [0.05, 0.1) is 26.4 Å². The number of hydrogen-bond acceptors (Lipinski definition) is 9. The van der Waals surface area contributed by atoms with E-state index in [-0.39, 0.29) is 0 Å². The van der Waals surface area contributed by atoms with E-state index in [4.69, 9.17) is 29.9 Å². The fraction of sp³-hybridized carbons (Fsp3) is 1.00. The largest absolute Gasteiger partial charge is 0.702 e. The molecule has 0 aliphatic carbocycles. The van der Waals surface area contributed by atoms with Gasteiger partial charge in [0.2, 0.25) is 13.6 Å². The average Bonchev–Trinajstić information content (AvgIpc) is 2.40. The van der Waals surface area contributed by atoms with Gasteiger partial charge in [-0.15, -0.1) is 0 Å². The maximum Gasteiger partial charge on any atom is 0.702 e. The topological polar surface area (TPSA) is 135 Å². The van der Waals surface area contributed by atoms with Crippen LogP contribution in [-0.2, 0) is 23.1 Å². The quantitative estimate of drug-likeness (QED) is 0.245. The fourth-order valence-electron chi connectivity index (χ4n) is 0.703. The normalized spacial score (nSPS) is 11.4. The summed E-state index contributed by atoms with van der Waals surface area (Å²) in [5.74, 6) is 0. The summed E-state index contributed by atoms with van der Waals surface area (Å²) in [4.78, 5) is 0. The molecule has 0 saturated heterocycles. The minimum atomic E-state index is -2.49. The maximum atomic E-state index is 11.1. The Kier molecular flexibility index (Phi) is 11.7. The minimum absolute atomic E-state index is 0.394. The highest BCUT2D eigenvalue weighted by Crippen LogP contribution is 2.23. The molecular weight excluding hydrogens is 271 g/mol. The van der Waals surface area contributed by atoms with Gasteiger partial charge >= 0.3 is 8.25 Å². The lowest BCUT2D eigenvalue weighted by Gasteiger charge is -2.09. The average molecular weight is 289 g/mol. The molecule has 0 unspecified atom stereocenters. The maximum absolute atomic E-state index is 11.1. The molecule has 0 heterocycles. The predicted octanol–water partition coefficient (Wildman–Crippen LogP) is -1.67. The number of aliphatic hydroxyl groups excluding tert-OH is 4. The summed E-state index contributed by atoms with van der Waals surface area (Å²) in [6.07, 6.45) is -1.62. The molecule has 4 N–H and O–H groups in total. The van der Waals surface area contributed by atoms with E-state index in [2.05, 4.69) is 9.05 Å². The summed E-state index contributed by atoms with van der Waals surface area (Å²) >= 11 is 0. The van der Waals surface area contributed by atoms with Crippen LogP contribution in [0.4, 0.5) is 0 Å². The van der Waals surface area contributed by atoms with Crippen molar-refractivity contribution in [2.45, 2.75) is 12.2 Å². The zero-order valence-corrected chi connectivity index (χ0v) is 10.6. The van der Waals surface area contributed by atoms with Crippen LogP contribution in [0.3, 0.4) is 0 Å². The first-order chi connectivity index (χ1) is 8.67. The van der Waals surface area contributed by atoms with Crippen LogP contribution in [0.5, 0.6) is 0 Å². The van der Waals surface area contributed by atoms with Crippen LogP contribution >= 0.6 is 8.25 Å². The van der Waals surface area contributed by atoms with Crippen molar-refractivity contribution in [1.82, 2.24) is 0 Å². The Morgan fingerprint density at radius 1 is 0.778 bits per heavy atom. The summed E-state index contributed by atoms with van der Waals surface area (Å²) in [6, 6.07) is 0. The molecule has 0 amide bonds. The van der Waals surface area contributed by atoms with Crippen LogP contribution in [0.2, 0.25) is 0 Å². The molecule has 0 atom stereocenters. The minimum Gasteiger partial charge on any atom is -0.394 e. The van der Waals surface area contributed by atoms with Gasteiger partial charge in [0.25, 0.3) is 0 Å². The lowest BCUT2D eigenvalue weighted by molar-refractivity contribution is -0.0950. The molecule has 0 radical (unpaired) electrons. The van der Waals surface area contributed by atoms with Crippen molar-refractivity contribution in [3.8, 4) is 0 Å². The smallest absolute Gasteiger partial charge is 0.394 e. The second-order valence-corrected chi connectivity index (χ2v) is 3.99. The molecule has 0 aliphatic heterocycles. The molecule has 108 valence electrons. The Balaban J connectivity index is 3.54. The molecule has 0 aromatic carbocycles. The highest BCUT2D eigenvalue weighted by Gasteiger charge is 2.22. The molecule has 0 saturated carbocycles. The Morgan fingerprint density at radius 2 is 1.11 bits per heavy atom. The highest BCUT2D eigenvalue weighted by molar-refractivity contribution is 7.33. The first-order valence-corrected chi connectivity index (χ1v) is 6.17. The van der Waals surface area contributed by atoms with E-state index in [1.165, 1.54) is 0 Å². The zero-order chi connectivity index (χ0) is 13.8. The van der Waals surface area contributed by atoms with Gasteiger partial charge in [0, 0.05) is 4.57 Å². The van der Waals surface area contributed by atoms with Crippen LogP contribution in [0.25, 0.3) is 0 Å². The lowest BCUT2D eigenvalue weighted by atomic mass is 10.4. The van der Waals surface area contributed by atoms with Crippen LogP contribution < -0.4 is 0 Å². The SMILES string of the molecule is O=[P+](OCOC(CO)CO)OCOC(CO)CO. The Hall–Kier alpha value is -0.220. The Morgan fingerprint density at radius 3 is 1.39 bits per heavy atom. The molecule has 18 heavy (non-hydrogen) atoms. The van der Waals surface area contributed by atoms with E-state index in [0.717, 1.165) is 0 Å². The Labute approximate surface area is 105 Å². The van der Waals surface area contributed by atoms with Gasteiger partial charge in [-0.25, -0.2) is 0 Å². The fourth-order valence-corrected chi connectivity index (χ4v) is 1.07. The number of aliphatic hydroxyl groups is 4. The summed E-state index contributed by atoms with van der Waals surface area (Å²) in [5.41, 5.74) is 0. The van der Waals surface area contributed by atoms with Gasteiger partial charge in [0.15, 0.2) is 0 Å². The van der Waals surface area contributed by atoms with Crippen LogP contribution in [0, 0.1) is 0 Å². The summed E-state index contributed by atoms with van der Waals surface area (Å²) < 4.78 is 29.7. The van der Waals surface area contributed by atoms with Crippen LogP contribution in [0.1, 0.15) is 0 Å². The van der Waals surface area contributed by atoms with Crippen molar-refractivity contribution in [3.05, 3.63) is 0 Å². The van der Waals surface area contributed by atoms with E-state index in [0.29, 0.717) is 0 Å². The summed E-state index contributed by atoms with van der Waals surface area (Å²) in [5, 5.41) is 34.5. The third kappa shape index (κ3) is 8.81. The van der Waals surface area contributed by atoms with E-state index < -0.39 is 60.5 Å². The van der Waals surface area contributed by atoms with Crippen molar-refractivity contribution < 1.29 is 43.5 Å². The summed E-state index contributed by atoms with van der Waals surface area (Å²) in [7, 11) is -2.49. The number of hydrogen-bond donors (Lipinski definition) is 4. The predicted molar refractivity (Wildman–Crippen MR) is 57.6 cm³/mol. The van der Waals surface area contributed by atoms with Gasteiger partial charge in [-0.05, 0) is 0 Å². The van der Waals surface area contributed by atoms with E-state index in [1.807, 2.05) is 0 Å².